The first kappa shape index (κ1) is 28.0. The van der Waals surface area contributed by atoms with Crippen LogP contribution in [0.4, 0.5) is 22.2 Å². The Morgan fingerprint density at radius 2 is 1.80 bits per heavy atom. The van der Waals surface area contributed by atoms with Crippen molar-refractivity contribution in [2.45, 2.75) is 31.4 Å². The molecule has 2 aromatic rings. The zero-order valence-electron chi connectivity index (χ0n) is 23.4. The molecule has 1 saturated heterocycles. The Kier molecular flexibility index (Phi) is 8.47. The molecule has 2 aliphatic carbocycles. The fourth-order valence-electron chi connectivity index (χ4n) is 6.47. The first-order valence-corrected chi connectivity index (χ1v) is 14.8. The van der Waals surface area contributed by atoms with Crippen LogP contribution in [0.15, 0.2) is 30.5 Å². The highest BCUT2D eigenvalue weighted by Crippen LogP contribution is 2.43. The molecule has 0 radical (unpaired) electrons. The van der Waals surface area contributed by atoms with Gasteiger partial charge in [0, 0.05) is 51.1 Å². The van der Waals surface area contributed by atoms with Gasteiger partial charge in [0.05, 0.1) is 38.2 Å². The number of hydrogen-bond acceptors (Lipinski definition) is 10. The fraction of sp³-hybridized carbons (Fsp3) is 0.552. The summed E-state index contributed by atoms with van der Waals surface area (Å²) < 4.78 is 16.7. The summed E-state index contributed by atoms with van der Waals surface area (Å²) in [4.78, 5) is 25.7. The van der Waals surface area contributed by atoms with Crippen molar-refractivity contribution in [3.05, 3.63) is 46.6 Å². The molecular formula is C29H38ClN7O4. The molecule has 1 saturated carbocycles. The second-order valence-corrected chi connectivity index (χ2v) is 11.6. The Morgan fingerprint density at radius 3 is 2.54 bits per heavy atom. The molecule has 4 atom stereocenters. The maximum Gasteiger partial charge on any atom is 0.404 e. The second kappa shape index (κ2) is 12.4. The SMILES string of the molecule is COc1cc2c(cc1Nc1ncc(Cl)c(N[C@H]3[C@@H](OC(N)=O)[C@@H]4C=C[C@H]3C4)n1)CCN(CCN1CCOCC1)CC2. The van der Waals surface area contributed by atoms with Crippen LogP contribution in [0.2, 0.25) is 5.02 Å². The predicted molar refractivity (Wildman–Crippen MR) is 157 cm³/mol. The van der Waals surface area contributed by atoms with Gasteiger partial charge in [0.15, 0.2) is 5.82 Å². The number of morpholine rings is 1. The number of anilines is 3. The number of carbonyl (C=O) groups excluding carboxylic acids is 1. The van der Waals surface area contributed by atoms with Crippen LogP contribution in [-0.2, 0) is 22.3 Å². The van der Waals surface area contributed by atoms with E-state index < -0.39 is 6.09 Å². The normalized spacial score (nSPS) is 25.9. The van der Waals surface area contributed by atoms with Gasteiger partial charge in [0.25, 0.3) is 0 Å². The minimum absolute atomic E-state index is 0.127. The van der Waals surface area contributed by atoms with E-state index in [1.54, 1.807) is 13.3 Å². The number of fused-ring (bicyclic) bond motifs is 3. The number of amides is 1. The third kappa shape index (κ3) is 6.38. The van der Waals surface area contributed by atoms with E-state index >= 15 is 0 Å². The number of hydrogen-bond donors (Lipinski definition) is 3. The van der Waals surface area contributed by atoms with Crippen molar-refractivity contribution in [1.82, 2.24) is 19.8 Å². The smallest absolute Gasteiger partial charge is 0.404 e. The van der Waals surface area contributed by atoms with Crippen LogP contribution < -0.4 is 21.1 Å². The lowest BCUT2D eigenvalue weighted by atomic mass is 9.98. The van der Waals surface area contributed by atoms with Crippen molar-refractivity contribution < 1.29 is 19.0 Å². The fourth-order valence-corrected chi connectivity index (χ4v) is 6.61. The molecular weight excluding hydrogens is 546 g/mol. The molecule has 1 aromatic heterocycles. The number of methoxy groups -OCH3 is 1. The van der Waals surface area contributed by atoms with E-state index in [9.17, 15) is 4.79 Å². The maximum atomic E-state index is 11.5. The van der Waals surface area contributed by atoms with E-state index in [-0.39, 0.29) is 24.0 Å². The highest BCUT2D eigenvalue weighted by atomic mass is 35.5. The van der Waals surface area contributed by atoms with Crippen LogP contribution in [0.3, 0.4) is 0 Å². The molecule has 2 fully saturated rings. The third-order valence-electron chi connectivity index (χ3n) is 8.69. The second-order valence-electron chi connectivity index (χ2n) is 11.2. The highest BCUT2D eigenvalue weighted by molar-refractivity contribution is 6.32. The standard InChI is InChI=1S/C29H38ClN7O4/c1-39-24-16-19-5-7-36(8-9-37-10-12-40-13-11-37)6-4-18(19)15-23(24)33-29-32-17-22(30)27(35-29)34-25-20-2-3-21(14-20)26(25)41-28(31)38/h2-3,15-17,20-21,25-26H,4-14H2,1H3,(H2,31,38)(H2,32,33,34,35)/t20-,21+,25+,26-/m0/s1. The van der Waals surface area contributed by atoms with E-state index in [4.69, 9.17) is 31.5 Å². The number of nitrogens with zero attached hydrogens (tertiary/aromatic N) is 4. The number of halogens is 1. The highest BCUT2D eigenvalue weighted by Gasteiger charge is 2.47. The molecule has 220 valence electrons. The average molecular weight is 584 g/mol. The molecule has 1 aromatic carbocycles. The van der Waals surface area contributed by atoms with E-state index in [1.807, 2.05) is 0 Å². The van der Waals surface area contributed by atoms with Gasteiger partial charge in [-0.3, -0.25) is 4.90 Å². The van der Waals surface area contributed by atoms with Crippen LogP contribution in [0.1, 0.15) is 17.5 Å². The number of nitrogens with one attached hydrogen (secondary N) is 2. The van der Waals surface area contributed by atoms with Crippen LogP contribution in [0, 0.1) is 11.8 Å². The monoisotopic (exact) mass is 583 g/mol. The Balaban J connectivity index is 1.14. The zero-order chi connectivity index (χ0) is 28.3. The van der Waals surface area contributed by atoms with Crippen LogP contribution >= 0.6 is 11.6 Å². The summed E-state index contributed by atoms with van der Waals surface area (Å²) in [5, 5.41) is 7.12. The summed E-state index contributed by atoms with van der Waals surface area (Å²) in [6, 6.07) is 4.11. The number of nitrogens with two attached hydrogens (primary N) is 1. The number of carbonyl (C=O) groups is 1. The van der Waals surface area contributed by atoms with Gasteiger partial charge in [0.2, 0.25) is 5.95 Å². The molecule has 12 heteroatoms. The third-order valence-corrected chi connectivity index (χ3v) is 8.96. The molecule has 0 spiro atoms. The molecule has 2 aliphatic heterocycles. The van der Waals surface area contributed by atoms with Crippen LogP contribution in [0.25, 0.3) is 0 Å². The summed E-state index contributed by atoms with van der Waals surface area (Å²) in [5.74, 6) is 1.93. The van der Waals surface area contributed by atoms with Crippen molar-refractivity contribution in [3.8, 4) is 5.75 Å². The number of aromatic nitrogens is 2. The van der Waals surface area contributed by atoms with Crippen molar-refractivity contribution in [2.75, 3.05) is 70.2 Å². The van der Waals surface area contributed by atoms with Crippen molar-refractivity contribution in [3.63, 3.8) is 0 Å². The van der Waals surface area contributed by atoms with Crippen molar-refractivity contribution in [2.24, 2.45) is 17.6 Å². The zero-order valence-corrected chi connectivity index (χ0v) is 24.1. The molecule has 1 amide bonds. The Bertz CT molecular complexity index is 1290. The van der Waals surface area contributed by atoms with E-state index in [0.29, 0.717) is 16.8 Å². The Labute approximate surface area is 245 Å². The lowest BCUT2D eigenvalue weighted by Crippen LogP contribution is -2.42. The molecule has 11 nitrogen and oxygen atoms in total. The van der Waals surface area contributed by atoms with Crippen molar-refractivity contribution >= 4 is 35.1 Å². The summed E-state index contributed by atoms with van der Waals surface area (Å²) >= 11 is 6.49. The summed E-state index contributed by atoms with van der Waals surface area (Å²) in [6.45, 7) is 7.89. The average Bonchev–Trinajstić information content (AvgIpc) is 3.51. The number of primary amides is 1. The first-order chi connectivity index (χ1) is 20.0. The summed E-state index contributed by atoms with van der Waals surface area (Å²) in [6.07, 6.45) is 7.46. The van der Waals surface area contributed by atoms with Gasteiger partial charge in [-0.05, 0) is 42.5 Å². The van der Waals surface area contributed by atoms with Crippen molar-refractivity contribution in [1.29, 1.82) is 0 Å². The lowest BCUT2D eigenvalue weighted by Gasteiger charge is -2.29. The molecule has 0 unspecified atom stereocenters. The molecule has 2 bridgehead atoms. The molecule has 3 heterocycles. The van der Waals surface area contributed by atoms with Gasteiger partial charge in [-0.25, -0.2) is 9.78 Å². The van der Waals surface area contributed by atoms with Gasteiger partial charge in [-0.1, -0.05) is 23.8 Å². The number of rotatable bonds is 9. The minimum Gasteiger partial charge on any atom is -0.495 e. The van der Waals surface area contributed by atoms with Crippen LogP contribution in [0.5, 0.6) is 5.75 Å². The maximum absolute atomic E-state index is 11.5. The molecule has 6 rings (SSSR count). The number of ether oxygens (including phenoxy) is 3. The van der Waals surface area contributed by atoms with Gasteiger partial charge in [-0.15, -0.1) is 0 Å². The van der Waals surface area contributed by atoms with Crippen LogP contribution in [-0.4, -0.2) is 97.6 Å². The van der Waals surface area contributed by atoms with Gasteiger partial charge >= 0.3 is 6.09 Å². The summed E-state index contributed by atoms with van der Waals surface area (Å²) in [5.41, 5.74) is 8.76. The Hall–Kier alpha value is -3.12. The van der Waals surface area contributed by atoms with E-state index in [1.165, 1.54) is 11.1 Å². The number of benzene rings is 1. The van der Waals surface area contributed by atoms with Gasteiger partial charge in [0.1, 0.15) is 16.9 Å². The lowest BCUT2D eigenvalue weighted by molar-refractivity contribution is 0.0335. The van der Waals surface area contributed by atoms with E-state index in [2.05, 4.69) is 54.7 Å². The molecule has 41 heavy (non-hydrogen) atoms. The minimum atomic E-state index is -0.783. The predicted octanol–water partition coefficient (Wildman–Crippen LogP) is 3.07. The largest absolute Gasteiger partial charge is 0.495 e. The summed E-state index contributed by atoms with van der Waals surface area (Å²) in [7, 11) is 1.68. The van der Waals surface area contributed by atoms with E-state index in [0.717, 1.165) is 83.2 Å². The van der Waals surface area contributed by atoms with Gasteiger partial charge in [-0.2, -0.15) is 4.98 Å². The molecule has 4 aliphatic rings. The molecule has 4 N–H and O–H groups in total. The van der Waals surface area contributed by atoms with Gasteiger partial charge < -0.3 is 35.5 Å². The first-order valence-electron chi connectivity index (χ1n) is 14.4. The Morgan fingerprint density at radius 1 is 1.10 bits per heavy atom. The quantitative estimate of drug-likeness (QED) is 0.379. The topological polar surface area (TPSA) is 127 Å².